The lowest BCUT2D eigenvalue weighted by molar-refractivity contribution is -0.219. The minimum atomic E-state index is -2.55. The third-order valence-corrected chi connectivity index (χ3v) is 1.23. The van der Waals surface area contributed by atoms with Crippen LogP contribution in [0.25, 0.3) is 0 Å². The van der Waals surface area contributed by atoms with Crippen molar-refractivity contribution in [1.29, 1.82) is 0 Å². The molecule has 0 unspecified atom stereocenters. The molecule has 0 aliphatic heterocycles. The standard InChI is InChI=1S/C5H11FO4/c1-10-5(6,3-8)4(9)2-7/h4,7-9H,2-3H2,1H3/t4-,5+/m0/s1. The van der Waals surface area contributed by atoms with Crippen molar-refractivity contribution < 1.29 is 24.4 Å². The fourth-order valence-corrected chi connectivity index (χ4v) is 0.442. The van der Waals surface area contributed by atoms with E-state index in [0.29, 0.717) is 0 Å². The van der Waals surface area contributed by atoms with Gasteiger partial charge in [0.15, 0.2) is 0 Å². The third-order valence-electron chi connectivity index (χ3n) is 1.23. The van der Waals surface area contributed by atoms with Gasteiger partial charge in [-0.25, -0.2) is 4.39 Å². The Kier molecular flexibility index (Phi) is 3.73. The second-order valence-corrected chi connectivity index (χ2v) is 1.85. The Morgan fingerprint density at radius 2 is 2.10 bits per heavy atom. The van der Waals surface area contributed by atoms with Crippen LogP contribution in [-0.4, -0.2) is 47.6 Å². The van der Waals surface area contributed by atoms with Gasteiger partial charge < -0.3 is 20.1 Å². The summed E-state index contributed by atoms with van der Waals surface area (Å²) in [5.74, 6) is -2.55. The van der Waals surface area contributed by atoms with Crippen LogP contribution in [0.3, 0.4) is 0 Å². The van der Waals surface area contributed by atoms with E-state index in [1.54, 1.807) is 0 Å². The van der Waals surface area contributed by atoms with Crippen molar-refractivity contribution in [2.45, 2.75) is 12.0 Å². The van der Waals surface area contributed by atoms with E-state index in [9.17, 15) is 4.39 Å². The van der Waals surface area contributed by atoms with Gasteiger partial charge in [0, 0.05) is 7.11 Å². The number of alkyl halides is 1. The Labute approximate surface area is 57.9 Å². The summed E-state index contributed by atoms with van der Waals surface area (Å²) < 4.78 is 16.9. The summed E-state index contributed by atoms with van der Waals surface area (Å²) in [6, 6.07) is 0. The van der Waals surface area contributed by atoms with Gasteiger partial charge in [-0.1, -0.05) is 0 Å². The molecule has 0 aliphatic carbocycles. The van der Waals surface area contributed by atoms with Gasteiger partial charge in [0.25, 0.3) is 5.85 Å². The van der Waals surface area contributed by atoms with E-state index in [-0.39, 0.29) is 0 Å². The van der Waals surface area contributed by atoms with Gasteiger partial charge in [0.1, 0.15) is 12.7 Å². The van der Waals surface area contributed by atoms with Gasteiger partial charge in [0.2, 0.25) is 0 Å². The summed E-state index contributed by atoms with van der Waals surface area (Å²) >= 11 is 0. The van der Waals surface area contributed by atoms with E-state index in [2.05, 4.69) is 4.74 Å². The average molecular weight is 154 g/mol. The van der Waals surface area contributed by atoms with Crippen LogP contribution in [0.15, 0.2) is 0 Å². The molecule has 0 heterocycles. The maximum Gasteiger partial charge on any atom is 0.260 e. The molecule has 0 aromatic rings. The number of aliphatic hydroxyl groups is 3. The van der Waals surface area contributed by atoms with Crippen molar-refractivity contribution in [3.63, 3.8) is 0 Å². The number of aliphatic hydroxyl groups excluding tert-OH is 3. The first kappa shape index (κ1) is 9.77. The Morgan fingerprint density at radius 1 is 1.60 bits per heavy atom. The Morgan fingerprint density at radius 3 is 2.20 bits per heavy atom. The topological polar surface area (TPSA) is 69.9 Å². The minimum Gasteiger partial charge on any atom is -0.393 e. The number of methoxy groups -OCH3 is 1. The smallest absolute Gasteiger partial charge is 0.260 e. The molecular weight excluding hydrogens is 143 g/mol. The van der Waals surface area contributed by atoms with Gasteiger partial charge in [-0.05, 0) is 0 Å². The molecule has 0 aliphatic rings. The number of hydrogen-bond acceptors (Lipinski definition) is 4. The van der Waals surface area contributed by atoms with Crippen LogP contribution in [-0.2, 0) is 4.74 Å². The van der Waals surface area contributed by atoms with Crippen LogP contribution in [0, 0.1) is 0 Å². The number of halogens is 1. The van der Waals surface area contributed by atoms with Crippen LogP contribution >= 0.6 is 0 Å². The summed E-state index contributed by atoms with van der Waals surface area (Å²) in [4.78, 5) is 0. The van der Waals surface area contributed by atoms with Crippen LogP contribution in [0.5, 0.6) is 0 Å². The lowest BCUT2D eigenvalue weighted by atomic mass is 10.2. The Bertz CT molecular complexity index is 93.6. The van der Waals surface area contributed by atoms with Crippen molar-refractivity contribution in [1.82, 2.24) is 0 Å². The molecule has 0 saturated carbocycles. The van der Waals surface area contributed by atoms with Crippen LogP contribution in [0.4, 0.5) is 4.39 Å². The second-order valence-electron chi connectivity index (χ2n) is 1.85. The van der Waals surface area contributed by atoms with E-state index in [1.165, 1.54) is 0 Å². The fourth-order valence-electron chi connectivity index (χ4n) is 0.442. The average Bonchev–Trinajstić information content (AvgIpc) is 2.01. The molecule has 62 valence electrons. The molecule has 2 atom stereocenters. The SMILES string of the molecule is CO[C@](F)(CO)[C@@H](O)CO. The molecule has 0 aromatic carbocycles. The van der Waals surface area contributed by atoms with E-state index in [1.807, 2.05) is 0 Å². The molecule has 0 saturated heterocycles. The van der Waals surface area contributed by atoms with Gasteiger partial charge in [-0.3, -0.25) is 0 Å². The van der Waals surface area contributed by atoms with Gasteiger partial charge in [-0.15, -0.1) is 0 Å². The molecule has 0 bridgehead atoms. The number of ether oxygens (including phenoxy) is 1. The highest BCUT2D eigenvalue weighted by Crippen LogP contribution is 2.15. The highest BCUT2D eigenvalue weighted by Gasteiger charge is 2.37. The minimum absolute atomic E-state index is 0.787. The first-order valence-electron chi connectivity index (χ1n) is 2.74. The zero-order chi connectivity index (χ0) is 8.20. The Hall–Kier alpha value is -0.230. The Balaban J connectivity index is 4.02. The van der Waals surface area contributed by atoms with Gasteiger partial charge in [-0.2, -0.15) is 0 Å². The molecule has 0 spiro atoms. The van der Waals surface area contributed by atoms with Crippen molar-refractivity contribution >= 4 is 0 Å². The molecule has 0 rings (SSSR count). The van der Waals surface area contributed by atoms with Crippen LogP contribution < -0.4 is 0 Å². The van der Waals surface area contributed by atoms with Crippen LogP contribution in [0.1, 0.15) is 0 Å². The van der Waals surface area contributed by atoms with Crippen molar-refractivity contribution in [3.05, 3.63) is 0 Å². The fraction of sp³-hybridized carbons (Fsp3) is 1.00. The molecule has 5 heteroatoms. The molecule has 10 heavy (non-hydrogen) atoms. The molecular formula is C5H11FO4. The molecule has 0 amide bonds. The highest BCUT2D eigenvalue weighted by molar-refractivity contribution is 4.75. The largest absolute Gasteiger partial charge is 0.393 e. The lowest BCUT2D eigenvalue weighted by Crippen LogP contribution is -2.45. The number of rotatable bonds is 4. The summed E-state index contributed by atoms with van der Waals surface area (Å²) in [6.45, 7) is -1.77. The monoisotopic (exact) mass is 154 g/mol. The lowest BCUT2D eigenvalue weighted by Gasteiger charge is -2.24. The summed E-state index contributed by atoms with van der Waals surface area (Å²) in [5, 5.41) is 25.2. The maximum absolute atomic E-state index is 12.8. The van der Waals surface area contributed by atoms with E-state index in [4.69, 9.17) is 15.3 Å². The van der Waals surface area contributed by atoms with E-state index < -0.39 is 25.2 Å². The van der Waals surface area contributed by atoms with Crippen LogP contribution in [0.2, 0.25) is 0 Å². The van der Waals surface area contributed by atoms with E-state index in [0.717, 1.165) is 7.11 Å². The highest BCUT2D eigenvalue weighted by atomic mass is 19.2. The first-order chi connectivity index (χ1) is 4.60. The summed E-state index contributed by atoms with van der Waals surface area (Å²) in [5.41, 5.74) is 0. The van der Waals surface area contributed by atoms with Gasteiger partial charge in [0.05, 0.1) is 6.61 Å². The molecule has 0 fully saturated rings. The quantitative estimate of drug-likeness (QED) is 0.468. The predicted molar refractivity (Wildman–Crippen MR) is 31.0 cm³/mol. The first-order valence-corrected chi connectivity index (χ1v) is 2.74. The van der Waals surface area contributed by atoms with Crippen molar-refractivity contribution in [3.8, 4) is 0 Å². The molecule has 0 aromatic heterocycles. The maximum atomic E-state index is 12.8. The summed E-state index contributed by atoms with van der Waals surface area (Å²) in [6.07, 6.45) is -1.71. The van der Waals surface area contributed by atoms with Crippen molar-refractivity contribution in [2.75, 3.05) is 20.3 Å². The zero-order valence-electron chi connectivity index (χ0n) is 5.62. The summed E-state index contributed by atoms with van der Waals surface area (Å²) in [7, 11) is 0.995. The molecule has 0 radical (unpaired) electrons. The van der Waals surface area contributed by atoms with Crippen molar-refractivity contribution in [2.24, 2.45) is 0 Å². The van der Waals surface area contributed by atoms with E-state index >= 15 is 0 Å². The third kappa shape index (κ3) is 1.88. The zero-order valence-corrected chi connectivity index (χ0v) is 5.62. The predicted octanol–water partition coefficient (Wildman–Crippen LogP) is -1.36. The second kappa shape index (κ2) is 3.82. The molecule has 4 nitrogen and oxygen atoms in total. The number of hydrogen-bond donors (Lipinski definition) is 3. The normalized spacial score (nSPS) is 20.1. The molecule has 3 N–H and O–H groups in total. The van der Waals surface area contributed by atoms with Gasteiger partial charge >= 0.3 is 0 Å².